The first-order chi connectivity index (χ1) is 10.0. The van der Waals surface area contributed by atoms with Crippen LogP contribution in [0.3, 0.4) is 0 Å². The number of hydrogen-bond donors (Lipinski definition) is 2. The van der Waals surface area contributed by atoms with Crippen LogP contribution >= 0.6 is 0 Å². The van der Waals surface area contributed by atoms with E-state index >= 15 is 0 Å². The summed E-state index contributed by atoms with van der Waals surface area (Å²) in [4.78, 5) is 14.8. The number of hydrogen-bond acceptors (Lipinski definition) is 4. The van der Waals surface area contributed by atoms with Gasteiger partial charge < -0.3 is 15.8 Å². The largest absolute Gasteiger partial charge is 0.379 e. The van der Waals surface area contributed by atoms with Gasteiger partial charge in [-0.05, 0) is 26.7 Å². The van der Waals surface area contributed by atoms with Gasteiger partial charge in [0.15, 0.2) is 0 Å². The molecule has 0 aromatic carbocycles. The predicted octanol–water partition coefficient (Wildman–Crippen LogP) is 1.12. The number of nitrogens with two attached hydrogens (primary N) is 1. The van der Waals surface area contributed by atoms with Crippen LogP contribution in [-0.2, 0) is 9.53 Å². The van der Waals surface area contributed by atoms with Crippen molar-refractivity contribution in [3.8, 4) is 0 Å². The Hall–Kier alpha value is -0.650. The van der Waals surface area contributed by atoms with Crippen LogP contribution in [-0.4, -0.2) is 55.2 Å². The fourth-order valence-electron chi connectivity index (χ4n) is 3.38. The quantitative estimate of drug-likeness (QED) is 0.763. The summed E-state index contributed by atoms with van der Waals surface area (Å²) in [7, 11) is 0. The Morgan fingerprint density at radius 3 is 2.62 bits per heavy atom. The first-order valence-electron chi connectivity index (χ1n) is 8.37. The number of rotatable bonds is 4. The van der Waals surface area contributed by atoms with E-state index < -0.39 is 0 Å². The first-order valence-corrected chi connectivity index (χ1v) is 8.37. The normalized spacial score (nSPS) is 28.9. The molecular formula is C16H31N3O2. The van der Waals surface area contributed by atoms with Crippen LogP contribution in [0.5, 0.6) is 0 Å². The van der Waals surface area contributed by atoms with Gasteiger partial charge in [-0.1, -0.05) is 19.3 Å². The van der Waals surface area contributed by atoms with E-state index in [4.69, 9.17) is 10.5 Å². The van der Waals surface area contributed by atoms with Gasteiger partial charge in [0.2, 0.25) is 5.91 Å². The van der Waals surface area contributed by atoms with E-state index in [-0.39, 0.29) is 23.4 Å². The first kappa shape index (κ1) is 16.7. The lowest BCUT2D eigenvalue weighted by molar-refractivity contribution is -0.126. The van der Waals surface area contributed by atoms with Crippen LogP contribution < -0.4 is 11.1 Å². The van der Waals surface area contributed by atoms with Crippen molar-refractivity contribution < 1.29 is 9.53 Å². The Morgan fingerprint density at radius 2 is 1.90 bits per heavy atom. The van der Waals surface area contributed by atoms with Crippen LogP contribution in [0.4, 0.5) is 0 Å². The molecular weight excluding hydrogens is 266 g/mol. The molecule has 0 radical (unpaired) electrons. The molecule has 5 nitrogen and oxygen atoms in total. The maximum atomic E-state index is 12.5. The van der Waals surface area contributed by atoms with Crippen molar-refractivity contribution in [1.82, 2.24) is 10.2 Å². The molecule has 2 aliphatic rings. The molecule has 2 fully saturated rings. The van der Waals surface area contributed by atoms with Crippen LogP contribution in [0.2, 0.25) is 0 Å². The molecule has 2 atom stereocenters. The lowest BCUT2D eigenvalue weighted by atomic mass is 9.94. The second-order valence-electron chi connectivity index (χ2n) is 7.04. The molecule has 1 aliphatic heterocycles. The Bertz CT molecular complexity index is 340. The van der Waals surface area contributed by atoms with Crippen molar-refractivity contribution in [1.29, 1.82) is 0 Å². The molecule has 122 valence electrons. The minimum atomic E-state index is -0.0335. The van der Waals surface area contributed by atoms with Crippen LogP contribution in [0.15, 0.2) is 0 Å². The monoisotopic (exact) mass is 297 g/mol. The molecule has 1 saturated heterocycles. The molecule has 2 rings (SSSR count). The zero-order valence-electron chi connectivity index (χ0n) is 13.6. The molecule has 5 heteroatoms. The summed E-state index contributed by atoms with van der Waals surface area (Å²) in [5, 5.41) is 3.15. The summed E-state index contributed by atoms with van der Waals surface area (Å²) in [5.41, 5.74) is 6.14. The lowest BCUT2D eigenvalue weighted by Gasteiger charge is -2.41. The summed E-state index contributed by atoms with van der Waals surface area (Å²) >= 11 is 0. The van der Waals surface area contributed by atoms with Crippen LogP contribution in [0.1, 0.15) is 46.0 Å². The molecule has 21 heavy (non-hydrogen) atoms. The Kier molecular flexibility index (Phi) is 6.02. The summed E-state index contributed by atoms with van der Waals surface area (Å²) in [6, 6.07) is 0.0269. The highest BCUT2D eigenvalue weighted by Gasteiger charge is 2.31. The van der Waals surface area contributed by atoms with Crippen LogP contribution in [0.25, 0.3) is 0 Å². The third-order valence-corrected chi connectivity index (χ3v) is 4.97. The van der Waals surface area contributed by atoms with Gasteiger partial charge in [0, 0.05) is 31.2 Å². The zero-order valence-corrected chi connectivity index (χ0v) is 13.6. The number of nitrogens with zero attached hydrogens (tertiary/aromatic N) is 1. The van der Waals surface area contributed by atoms with E-state index in [1.54, 1.807) is 0 Å². The average Bonchev–Trinajstić information content (AvgIpc) is 2.70. The van der Waals surface area contributed by atoms with E-state index in [0.29, 0.717) is 6.54 Å². The van der Waals surface area contributed by atoms with Gasteiger partial charge in [0.25, 0.3) is 0 Å². The van der Waals surface area contributed by atoms with Crippen molar-refractivity contribution >= 4 is 5.91 Å². The molecule has 0 aromatic rings. The SMILES string of the molecule is CC(C)(CNC(=O)C1CCCCCC1N)N1CCOCC1. The Labute approximate surface area is 128 Å². The predicted molar refractivity (Wildman–Crippen MR) is 84.0 cm³/mol. The summed E-state index contributed by atoms with van der Waals surface area (Å²) < 4.78 is 5.40. The fourth-order valence-corrected chi connectivity index (χ4v) is 3.38. The number of morpholine rings is 1. The number of amides is 1. The van der Waals surface area contributed by atoms with Gasteiger partial charge >= 0.3 is 0 Å². The zero-order chi connectivity index (χ0) is 15.3. The van der Waals surface area contributed by atoms with Crippen molar-refractivity contribution in [2.45, 2.75) is 57.5 Å². The molecule has 1 heterocycles. The fraction of sp³-hybridized carbons (Fsp3) is 0.938. The van der Waals surface area contributed by atoms with Crippen molar-refractivity contribution in [2.75, 3.05) is 32.8 Å². The summed E-state index contributed by atoms with van der Waals surface area (Å²) in [6.07, 6.45) is 5.40. The number of nitrogens with one attached hydrogen (secondary N) is 1. The van der Waals surface area contributed by atoms with Gasteiger partial charge in [-0.15, -0.1) is 0 Å². The number of ether oxygens (including phenoxy) is 1. The Balaban J connectivity index is 1.84. The van der Waals surface area contributed by atoms with Crippen molar-refractivity contribution in [3.63, 3.8) is 0 Å². The third kappa shape index (κ3) is 4.66. The van der Waals surface area contributed by atoms with Gasteiger partial charge in [0.1, 0.15) is 0 Å². The van der Waals surface area contributed by atoms with Gasteiger partial charge in [-0.3, -0.25) is 9.69 Å². The minimum absolute atomic E-state index is 0.00649. The molecule has 1 amide bonds. The van der Waals surface area contributed by atoms with E-state index in [2.05, 4.69) is 24.1 Å². The summed E-state index contributed by atoms with van der Waals surface area (Å²) in [5.74, 6) is 0.138. The second-order valence-corrected chi connectivity index (χ2v) is 7.04. The molecule has 1 saturated carbocycles. The highest BCUT2D eigenvalue weighted by Crippen LogP contribution is 2.23. The summed E-state index contributed by atoms with van der Waals surface area (Å²) in [6.45, 7) is 8.49. The Morgan fingerprint density at radius 1 is 1.24 bits per heavy atom. The average molecular weight is 297 g/mol. The molecule has 3 N–H and O–H groups in total. The van der Waals surface area contributed by atoms with Crippen LogP contribution in [0, 0.1) is 5.92 Å². The smallest absolute Gasteiger partial charge is 0.224 e. The number of carbonyl (C=O) groups excluding carboxylic acids is 1. The molecule has 0 bridgehead atoms. The van der Waals surface area contributed by atoms with E-state index in [1.807, 2.05) is 0 Å². The van der Waals surface area contributed by atoms with Crippen molar-refractivity contribution in [3.05, 3.63) is 0 Å². The molecule has 0 spiro atoms. The molecule has 0 aromatic heterocycles. The highest BCUT2D eigenvalue weighted by atomic mass is 16.5. The van der Waals surface area contributed by atoms with Gasteiger partial charge in [-0.2, -0.15) is 0 Å². The van der Waals surface area contributed by atoms with Gasteiger partial charge in [0.05, 0.1) is 19.1 Å². The molecule has 1 aliphatic carbocycles. The van der Waals surface area contributed by atoms with E-state index in [1.165, 1.54) is 6.42 Å². The molecule has 2 unspecified atom stereocenters. The third-order valence-electron chi connectivity index (χ3n) is 4.97. The highest BCUT2D eigenvalue weighted by molar-refractivity contribution is 5.79. The lowest BCUT2D eigenvalue weighted by Crippen LogP contribution is -2.56. The minimum Gasteiger partial charge on any atom is -0.379 e. The maximum absolute atomic E-state index is 12.5. The topological polar surface area (TPSA) is 67.6 Å². The number of carbonyl (C=O) groups is 1. The standard InChI is InChI=1S/C16H31N3O2/c1-16(2,19-8-10-21-11-9-19)12-18-15(20)13-6-4-3-5-7-14(13)17/h13-14H,3-12,17H2,1-2H3,(H,18,20). The van der Waals surface area contributed by atoms with E-state index in [9.17, 15) is 4.79 Å². The van der Waals surface area contributed by atoms with Gasteiger partial charge in [-0.25, -0.2) is 0 Å². The van der Waals surface area contributed by atoms with Crippen molar-refractivity contribution in [2.24, 2.45) is 11.7 Å². The maximum Gasteiger partial charge on any atom is 0.224 e. The second kappa shape index (κ2) is 7.56. The van der Waals surface area contributed by atoms with E-state index in [0.717, 1.165) is 52.0 Å².